The lowest BCUT2D eigenvalue weighted by Crippen LogP contribution is -2.38. The Balaban J connectivity index is 1.67. The average Bonchev–Trinajstić information content (AvgIpc) is 3.15. The van der Waals surface area contributed by atoms with E-state index >= 15 is 0 Å². The smallest absolute Gasteiger partial charge is 0.254 e. The summed E-state index contributed by atoms with van der Waals surface area (Å²) in [7, 11) is 0. The van der Waals surface area contributed by atoms with Crippen LogP contribution in [0.15, 0.2) is 23.6 Å². The van der Waals surface area contributed by atoms with Gasteiger partial charge in [0, 0.05) is 17.0 Å². The van der Waals surface area contributed by atoms with Crippen molar-refractivity contribution in [2.75, 3.05) is 13.3 Å². The van der Waals surface area contributed by atoms with Crippen LogP contribution in [0.1, 0.15) is 33.8 Å². The molecule has 1 atom stereocenters. The molecule has 0 N–H and O–H groups in total. The van der Waals surface area contributed by atoms with E-state index in [9.17, 15) is 4.79 Å². The van der Waals surface area contributed by atoms with Gasteiger partial charge in [-0.15, -0.1) is 11.3 Å². The molecule has 2 aliphatic rings. The Bertz CT molecular complexity index is 758. The lowest BCUT2D eigenvalue weighted by atomic mass is 10.0. The molecule has 22 heavy (non-hydrogen) atoms. The number of thiophene rings is 1. The zero-order chi connectivity index (χ0) is 15.3. The Labute approximate surface area is 137 Å². The number of nitrogens with zero attached hydrogens (tertiary/aromatic N) is 1. The first-order valence-corrected chi connectivity index (χ1v) is 8.37. The maximum Gasteiger partial charge on any atom is 0.254 e. The van der Waals surface area contributed by atoms with Gasteiger partial charge in [0.25, 0.3) is 5.91 Å². The van der Waals surface area contributed by atoms with Crippen LogP contribution in [0.4, 0.5) is 0 Å². The number of fused-ring (bicyclic) bond motifs is 2. The van der Waals surface area contributed by atoms with Gasteiger partial charge in [0.15, 0.2) is 11.5 Å². The van der Waals surface area contributed by atoms with Crippen LogP contribution in [0.3, 0.4) is 0 Å². The SMILES string of the molecule is C[C@@H]1c2ccsc2CCN1C(=O)c1cc(Cl)c2c(c1)OCO2. The highest BCUT2D eigenvalue weighted by Crippen LogP contribution is 2.41. The van der Waals surface area contributed by atoms with E-state index in [0.717, 1.165) is 13.0 Å². The monoisotopic (exact) mass is 335 g/mol. The summed E-state index contributed by atoms with van der Waals surface area (Å²) in [4.78, 5) is 16.1. The zero-order valence-corrected chi connectivity index (χ0v) is 13.5. The van der Waals surface area contributed by atoms with Gasteiger partial charge in [0.2, 0.25) is 6.79 Å². The van der Waals surface area contributed by atoms with Crippen molar-refractivity contribution in [2.24, 2.45) is 0 Å². The second kappa shape index (κ2) is 5.18. The average molecular weight is 336 g/mol. The predicted octanol–water partition coefficient (Wildman–Crippen LogP) is 3.89. The molecule has 4 rings (SSSR count). The minimum atomic E-state index is -0.0236. The Kier molecular flexibility index (Phi) is 3.27. The van der Waals surface area contributed by atoms with Crippen LogP contribution in [-0.4, -0.2) is 24.1 Å². The number of carbonyl (C=O) groups excluding carboxylic acids is 1. The van der Waals surface area contributed by atoms with E-state index in [1.807, 2.05) is 4.90 Å². The summed E-state index contributed by atoms with van der Waals surface area (Å²) in [6.07, 6.45) is 0.904. The third-order valence-corrected chi connectivity index (χ3v) is 5.49. The minimum absolute atomic E-state index is 0.0236. The number of hydrogen-bond donors (Lipinski definition) is 0. The molecule has 2 aliphatic heterocycles. The third-order valence-electron chi connectivity index (χ3n) is 4.21. The lowest BCUT2D eigenvalue weighted by Gasteiger charge is -2.33. The van der Waals surface area contributed by atoms with Crippen LogP contribution in [-0.2, 0) is 6.42 Å². The summed E-state index contributed by atoms with van der Waals surface area (Å²) in [5.41, 5.74) is 1.79. The van der Waals surface area contributed by atoms with Crippen LogP contribution >= 0.6 is 22.9 Å². The molecule has 1 amide bonds. The highest BCUT2D eigenvalue weighted by molar-refractivity contribution is 7.10. The molecule has 1 aromatic heterocycles. The van der Waals surface area contributed by atoms with E-state index in [-0.39, 0.29) is 18.7 Å². The highest BCUT2D eigenvalue weighted by Gasteiger charge is 2.30. The van der Waals surface area contributed by atoms with E-state index in [0.29, 0.717) is 22.1 Å². The van der Waals surface area contributed by atoms with Crippen molar-refractivity contribution < 1.29 is 14.3 Å². The lowest BCUT2D eigenvalue weighted by molar-refractivity contribution is 0.0679. The normalized spacial score (nSPS) is 19.2. The molecule has 0 bridgehead atoms. The van der Waals surface area contributed by atoms with Gasteiger partial charge in [-0.3, -0.25) is 4.79 Å². The topological polar surface area (TPSA) is 38.8 Å². The summed E-state index contributed by atoms with van der Waals surface area (Å²) >= 11 is 7.95. The number of ether oxygens (including phenoxy) is 2. The number of amides is 1. The molecule has 6 heteroatoms. The van der Waals surface area contributed by atoms with Crippen LogP contribution in [0.25, 0.3) is 0 Å². The van der Waals surface area contributed by atoms with Gasteiger partial charge in [-0.25, -0.2) is 0 Å². The third kappa shape index (κ3) is 2.08. The summed E-state index contributed by atoms with van der Waals surface area (Å²) < 4.78 is 10.6. The number of hydrogen-bond acceptors (Lipinski definition) is 4. The number of halogens is 1. The van der Waals surface area contributed by atoms with Gasteiger partial charge in [-0.1, -0.05) is 11.6 Å². The number of carbonyl (C=O) groups is 1. The fourth-order valence-electron chi connectivity index (χ4n) is 3.04. The largest absolute Gasteiger partial charge is 0.454 e. The zero-order valence-electron chi connectivity index (χ0n) is 12.0. The van der Waals surface area contributed by atoms with Crippen molar-refractivity contribution in [1.82, 2.24) is 4.90 Å². The quantitative estimate of drug-likeness (QED) is 0.793. The molecule has 4 nitrogen and oxygen atoms in total. The fraction of sp³-hybridized carbons (Fsp3) is 0.312. The first kappa shape index (κ1) is 13.9. The summed E-state index contributed by atoms with van der Waals surface area (Å²) in [6.45, 7) is 2.93. The van der Waals surface area contributed by atoms with Crippen LogP contribution in [0.5, 0.6) is 11.5 Å². The van der Waals surface area contributed by atoms with Gasteiger partial charge in [-0.05, 0) is 42.5 Å². The molecule has 0 unspecified atom stereocenters. The molecule has 0 saturated heterocycles. The molecule has 0 saturated carbocycles. The van der Waals surface area contributed by atoms with Crippen molar-refractivity contribution in [3.63, 3.8) is 0 Å². The van der Waals surface area contributed by atoms with Crippen molar-refractivity contribution in [2.45, 2.75) is 19.4 Å². The maximum absolute atomic E-state index is 12.9. The first-order valence-electron chi connectivity index (χ1n) is 7.11. The summed E-state index contributed by atoms with van der Waals surface area (Å²) in [5, 5.41) is 2.51. The van der Waals surface area contributed by atoms with E-state index in [4.69, 9.17) is 21.1 Å². The molecule has 2 aromatic rings. The highest BCUT2D eigenvalue weighted by atomic mass is 35.5. The van der Waals surface area contributed by atoms with Gasteiger partial charge in [-0.2, -0.15) is 0 Å². The Hall–Kier alpha value is -1.72. The van der Waals surface area contributed by atoms with Gasteiger partial charge in [0.1, 0.15) is 0 Å². The molecule has 3 heterocycles. The van der Waals surface area contributed by atoms with Crippen molar-refractivity contribution in [1.29, 1.82) is 0 Å². The molecule has 0 radical (unpaired) electrons. The molecule has 0 aliphatic carbocycles. The Morgan fingerprint density at radius 2 is 2.27 bits per heavy atom. The second-order valence-corrected chi connectivity index (χ2v) is 6.82. The number of benzene rings is 1. The maximum atomic E-state index is 12.9. The molecular weight excluding hydrogens is 322 g/mol. The fourth-order valence-corrected chi connectivity index (χ4v) is 4.27. The second-order valence-electron chi connectivity index (χ2n) is 5.42. The van der Waals surface area contributed by atoms with Crippen molar-refractivity contribution in [3.05, 3.63) is 44.6 Å². The Morgan fingerprint density at radius 1 is 1.41 bits per heavy atom. The van der Waals surface area contributed by atoms with Crippen LogP contribution < -0.4 is 9.47 Å². The first-order chi connectivity index (χ1) is 10.6. The van der Waals surface area contributed by atoms with Gasteiger partial charge in [0.05, 0.1) is 11.1 Å². The van der Waals surface area contributed by atoms with Gasteiger partial charge >= 0.3 is 0 Å². The summed E-state index contributed by atoms with van der Waals surface area (Å²) in [6, 6.07) is 5.56. The van der Waals surface area contributed by atoms with Crippen LogP contribution in [0.2, 0.25) is 5.02 Å². The minimum Gasteiger partial charge on any atom is -0.454 e. The standard InChI is InChI=1S/C16H14ClNO3S/c1-9-11-3-5-22-14(11)2-4-18(9)16(19)10-6-12(17)15-13(7-10)20-8-21-15/h3,5-7,9H,2,4,8H2,1H3/t9-/m1/s1. The van der Waals surface area contributed by atoms with E-state index in [2.05, 4.69) is 18.4 Å². The molecule has 114 valence electrons. The van der Waals surface area contributed by atoms with E-state index < -0.39 is 0 Å². The number of rotatable bonds is 1. The molecule has 0 fully saturated rings. The van der Waals surface area contributed by atoms with E-state index in [1.54, 1.807) is 23.5 Å². The Morgan fingerprint density at radius 3 is 3.14 bits per heavy atom. The van der Waals surface area contributed by atoms with Crippen LogP contribution in [0, 0.1) is 0 Å². The summed E-state index contributed by atoms with van der Waals surface area (Å²) in [5.74, 6) is 1.03. The van der Waals surface area contributed by atoms with Crippen molar-refractivity contribution >= 4 is 28.8 Å². The molecular formula is C16H14ClNO3S. The van der Waals surface area contributed by atoms with Crippen molar-refractivity contribution in [3.8, 4) is 11.5 Å². The molecule has 0 spiro atoms. The predicted molar refractivity (Wildman–Crippen MR) is 85.0 cm³/mol. The van der Waals surface area contributed by atoms with E-state index in [1.165, 1.54) is 10.4 Å². The molecule has 1 aromatic carbocycles. The van der Waals surface area contributed by atoms with Gasteiger partial charge < -0.3 is 14.4 Å².